The summed E-state index contributed by atoms with van der Waals surface area (Å²) in [6.45, 7) is 12.4. The smallest absolute Gasteiger partial charge is 0.112 e. The maximum atomic E-state index is 6.18. The van der Waals surface area contributed by atoms with E-state index in [9.17, 15) is 0 Å². The first-order valence-corrected chi connectivity index (χ1v) is 7.76. The van der Waals surface area contributed by atoms with E-state index in [1.54, 1.807) is 7.11 Å². The van der Waals surface area contributed by atoms with E-state index in [4.69, 9.17) is 17.3 Å². The van der Waals surface area contributed by atoms with Crippen LogP contribution >= 0.6 is 0 Å². The summed E-state index contributed by atoms with van der Waals surface area (Å²) < 4.78 is 11.5. The van der Waals surface area contributed by atoms with Gasteiger partial charge in [-0.1, -0.05) is 34.6 Å². The molecular formula is C16H31BO2. The van der Waals surface area contributed by atoms with Crippen LogP contribution in [-0.4, -0.2) is 33.7 Å². The molecule has 110 valence electrons. The molecule has 0 spiro atoms. The molecule has 2 radical (unpaired) electrons. The number of hydrogen-bond donors (Lipinski definition) is 0. The van der Waals surface area contributed by atoms with E-state index in [-0.39, 0.29) is 17.5 Å². The molecule has 0 N–H and O–H groups in total. The lowest BCUT2D eigenvalue weighted by Gasteiger charge is -2.53. The second-order valence-electron chi connectivity index (χ2n) is 6.89. The molecule has 4 unspecified atom stereocenters. The van der Waals surface area contributed by atoms with Crippen molar-refractivity contribution < 1.29 is 9.47 Å². The number of hydrogen-bond acceptors (Lipinski definition) is 2. The summed E-state index contributed by atoms with van der Waals surface area (Å²) in [4.78, 5) is 0. The molecule has 0 aromatic carbocycles. The average molecular weight is 266 g/mol. The zero-order valence-corrected chi connectivity index (χ0v) is 13.6. The topological polar surface area (TPSA) is 18.5 Å². The molecule has 4 atom stereocenters. The first-order chi connectivity index (χ1) is 8.86. The van der Waals surface area contributed by atoms with Crippen LogP contribution in [0, 0.1) is 23.2 Å². The van der Waals surface area contributed by atoms with E-state index in [2.05, 4.69) is 34.6 Å². The van der Waals surface area contributed by atoms with Crippen LogP contribution in [-0.2, 0) is 9.47 Å². The third-order valence-corrected chi connectivity index (χ3v) is 4.97. The van der Waals surface area contributed by atoms with Gasteiger partial charge in [0, 0.05) is 25.1 Å². The van der Waals surface area contributed by atoms with Crippen LogP contribution in [0.1, 0.15) is 53.9 Å². The molecule has 0 saturated carbocycles. The molecule has 1 aliphatic rings. The second-order valence-corrected chi connectivity index (χ2v) is 6.89. The summed E-state index contributed by atoms with van der Waals surface area (Å²) in [6, 6.07) is -0.322. The van der Waals surface area contributed by atoms with Crippen molar-refractivity contribution in [3.05, 3.63) is 0 Å². The monoisotopic (exact) mass is 266 g/mol. The van der Waals surface area contributed by atoms with Crippen LogP contribution in [0.5, 0.6) is 0 Å². The van der Waals surface area contributed by atoms with Crippen molar-refractivity contribution in [2.45, 2.75) is 66.0 Å². The Bertz CT molecular complexity index is 267. The van der Waals surface area contributed by atoms with Crippen LogP contribution in [0.4, 0.5) is 0 Å². The fourth-order valence-electron chi connectivity index (χ4n) is 4.05. The highest BCUT2D eigenvalue weighted by molar-refractivity contribution is 6.11. The molecule has 0 aromatic heterocycles. The number of rotatable bonds is 6. The number of methoxy groups -OCH3 is 1. The van der Waals surface area contributed by atoms with Gasteiger partial charge in [-0.05, 0) is 37.0 Å². The van der Waals surface area contributed by atoms with Crippen molar-refractivity contribution in [1.82, 2.24) is 0 Å². The van der Waals surface area contributed by atoms with Gasteiger partial charge in [0.05, 0.1) is 6.10 Å². The third kappa shape index (κ3) is 3.55. The van der Waals surface area contributed by atoms with Gasteiger partial charge in [-0.3, -0.25) is 0 Å². The van der Waals surface area contributed by atoms with Crippen molar-refractivity contribution in [2.24, 2.45) is 23.2 Å². The Morgan fingerprint density at radius 1 is 1.26 bits per heavy atom. The highest BCUT2D eigenvalue weighted by atomic mass is 16.5. The first kappa shape index (κ1) is 17.0. The third-order valence-electron chi connectivity index (χ3n) is 4.97. The lowest BCUT2D eigenvalue weighted by Crippen LogP contribution is -2.55. The van der Waals surface area contributed by atoms with Gasteiger partial charge in [0.2, 0.25) is 0 Å². The fraction of sp³-hybridized carbons (Fsp3) is 1.00. The summed E-state index contributed by atoms with van der Waals surface area (Å²) in [5, 5.41) is 0. The molecule has 19 heavy (non-hydrogen) atoms. The summed E-state index contributed by atoms with van der Waals surface area (Å²) in [5.41, 5.74) is 0.137. The molecule has 0 amide bonds. The van der Waals surface area contributed by atoms with Crippen molar-refractivity contribution in [2.75, 3.05) is 13.7 Å². The Labute approximate surface area is 121 Å². The lowest BCUT2D eigenvalue weighted by molar-refractivity contribution is -0.167. The van der Waals surface area contributed by atoms with Crippen LogP contribution < -0.4 is 0 Å². The van der Waals surface area contributed by atoms with E-state index >= 15 is 0 Å². The predicted molar refractivity (Wildman–Crippen MR) is 81.4 cm³/mol. The van der Waals surface area contributed by atoms with Gasteiger partial charge in [-0.2, -0.15) is 0 Å². The van der Waals surface area contributed by atoms with Gasteiger partial charge in [0.15, 0.2) is 0 Å². The van der Waals surface area contributed by atoms with E-state index in [0.29, 0.717) is 17.8 Å². The Morgan fingerprint density at radius 3 is 2.37 bits per heavy atom. The van der Waals surface area contributed by atoms with Gasteiger partial charge in [0.25, 0.3) is 0 Å². The van der Waals surface area contributed by atoms with Gasteiger partial charge in [-0.15, -0.1) is 0 Å². The number of ether oxygens (including phenoxy) is 2. The molecule has 2 nitrogen and oxygen atoms in total. The van der Waals surface area contributed by atoms with Gasteiger partial charge >= 0.3 is 0 Å². The van der Waals surface area contributed by atoms with Gasteiger partial charge in [-0.25, -0.2) is 0 Å². The molecular weight excluding hydrogens is 235 g/mol. The zero-order valence-electron chi connectivity index (χ0n) is 13.6. The highest BCUT2D eigenvalue weighted by Gasteiger charge is 2.49. The lowest BCUT2D eigenvalue weighted by atomic mass is 9.57. The molecule has 1 heterocycles. The van der Waals surface area contributed by atoms with Crippen molar-refractivity contribution in [3.63, 3.8) is 0 Å². The molecule has 0 aliphatic carbocycles. The fourth-order valence-corrected chi connectivity index (χ4v) is 4.05. The van der Waals surface area contributed by atoms with E-state index in [1.807, 2.05) is 0 Å². The summed E-state index contributed by atoms with van der Waals surface area (Å²) in [6.07, 6.45) is 3.56. The largest absolute Gasteiger partial charge is 0.389 e. The maximum absolute atomic E-state index is 6.18. The molecule has 1 saturated heterocycles. The Kier molecular flexibility index (Phi) is 6.39. The normalized spacial score (nSPS) is 31.7. The van der Waals surface area contributed by atoms with Crippen molar-refractivity contribution >= 4 is 7.85 Å². The Morgan fingerprint density at radius 2 is 1.89 bits per heavy atom. The highest BCUT2D eigenvalue weighted by Crippen LogP contribution is 2.50. The Hall–Kier alpha value is -0.0151. The SMILES string of the molecule is [B]C(OC)C1OCCCC1(C(C)C)C(C)CC(C)C. The van der Waals surface area contributed by atoms with Crippen LogP contribution in [0.2, 0.25) is 0 Å². The van der Waals surface area contributed by atoms with Gasteiger partial charge in [0.1, 0.15) is 7.85 Å². The van der Waals surface area contributed by atoms with Crippen molar-refractivity contribution in [1.29, 1.82) is 0 Å². The quantitative estimate of drug-likeness (QED) is 0.683. The molecule has 3 heteroatoms. The minimum atomic E-state index is -0.322. The second kappa shape index (κ2) is 7.13. The summed E-state index contributed by atoms with van der Waals surface area (Å²) >= 11 is 0. The predicted octanol–water partition coefficient (Wildman–Crippen LogP) is 3.63. The summed E-state index contributed by atoms with van der Waals surface area (Å²) in [7, 11) is 7.86. The maximum Gasteiger partial charge on any atom is 0.112 e. The summed E-state index contributed by atoms with van der Waals surface area (Å²) in [5.74, 6) is 1.85. The van der Waals surface area contributed by atoms with E-state index in [0.717, 1.165) is 13.0 Å². The molecule has 0 aromatic rings. The van der Waals surface area contributed by atoms with Crippen LogP contribution in [0.15, 0.2) is 0 Å². The van der Waals surface area contributed by atoms with E-state index in [1.165, 1.54) is 12.8 Å². The average Bonchev–Trinajstić information content (AvgIpc) is 2.36. The van der Waals surface area contributed by atoms with E-state index < -0.39 is 0 Å². The standard InChI is InChI=1S/C16H31BO2/c1-11(2)10-13(5)16(12(3)4)8-7-9-19-14(16)15(17)18-6/h11-15H,7-10H2,1-6H3. The Balaban J connectivity index is 3.04. The van der Waals surface area contributed by atoms with Crippen molar-refractivity contribution in [3.8, 4) is 0 Å². The minimum absolute atomic E-state index is 0.0139. The first-order valence-electron chi connectivity index (χ1n) is 7.76. The van der Waals surface area contributed by atoms with Crippen LogP contribution in [0.25, 0.3) is 0 Å². The zero-order chi connectivity index (χ0) is 14.6. The molecule has 1 rings (SSSR count). The molecule has 1 fully saturated rings. The molecule has 1 aliphatic heterocycles. The van der Waals surface area contributed by atoms with Gasteiger partial charge < -0.3 is 9.47 Å². The molecule has 0 bridgehead atoms. The minimum Gasteiger partial charge on any atom is -0.389 e. The van der Waals surface area contributed by atoms with Crippen LogP contribution in [0.3, 0.4) is 0 Å².